The van der Waals surface area contributed by atoms with E-state index in [0.29, 0.717) is 25.2 Å². The highest BCUT2D eigenvalue weighted by Gasteiger charge is 2.22. The zero-order valence-corrected chi connectivity index (χ0v) is 16.1. The summed E-state index contributed by atoms with van der Waals surface area (Å²) in [5, 5.41) is 5.72. The van der Waals surface area contributed by atoms with Crippen molar-refractivity contribution in [2.45, 2.75) is 18.9 Å². The molecule has 2 aromatic rings. The van der Waals surface area contributed by atoms with Crippen LogP contribution in [0, 0.1) is 0 Å². The smallest absolute Gasteiger partial charge is 0.333 e. The highest BCUT2D eigenvalue weighted by molar-refractivity contribution is 5.95. The second-order valence-corrected chi connectivity index (χ2v) is 6.88. The molecule has 1 saturated heterocycles. The maximum Gasteiger partial charge on any atom is 0.333 e. The van der Waals surface area contributed by atoms with Gasteiger partial charge in [-0.05, 0) is 37.1 Å². The molecule has 3 rings (SSSR count). The molecule has 0 bridgehead atoms. The minimum atomic E-state index is -0.449. The van der Waals surface area contributed by atoms with Crippen LogP contribution in [0.15, 0.2) is 60.7 Å². The summed E-state index contributed by atoms with van der Waals surface area (Å²) in [5.74, 6) is -0.427. The van der Waals surface area contributed by atoms with E-state index in [2.05, 4.69) is 26.4 Å². The number of likely N-dealkylation sites (tertiary alicyclic amines) is 1. The molecule has 29 heavy (non-hydrogen) atoms. The van der Waals surface area contributed by atoms with Crippen LogP contribution in [0.3, 0.4) is 0 Å². The number of hydrogen-bond donors (Lipinski definition) is 4. The summed E-state index contributed by atoms with van der Waals surface area (Å²) in [5.41, 5.74) is 6.00. The average Bonchev–Trinajstić information content (AvgIpc) is 2.75. The SMILES string of the molecule is O=C(CN1CCC(NC(=O)NNC(=O)c2ccccc2)CC1)Nc1ccccc1. The lowest BCUT2D eigenvalue weighted by Crippen LogP contribution is -2.52. The number of rotatable bonds is 5. The average molecular weight is 395 g/mol. The Balaban J connectivity index is 1.33. The van der Waals surface area contributed by atoms with Crippen LogP contribution < -0.4 is 21.5 Å². The van der Waals surface area contributed by atoms with Crippen molar-refractivity contribution in [1.29, 1.82) is 0 Å². The fourth-order valence-corrected chi connectivity index (χ4v) is 3.16. The van der Waals surface area contributed by atoms with Crippen molar-refractivity contribution in [2.75, 3.05) is 25.0 Å². The lowest BCUT2D eigenvalue weighted by molar-refractivity contribution is -0.117. The zero-order chi connectivity index (χ0) is 20.5. The first-order valence-corrected chi connectivity index (χ1v) is 9.59. The Kier molecular flexibility index (Phi) is 7.18. The molecule has 1 aliphatic heterocycles. The molecule has 0 aromatic heterocycles. The molecule has 0 unspecified atom stereocenters. The number of urea groups is 1. The Hall–Kier alpha value is -3.39. The van der Waals surface area contributed by atoms with Gasteiger partial charge in [-0.25, -0.2) is 10.2 Å². The van der Waals surface area contributed by atoms with Crippen LogP contribution in [0.2, 0.25) is 0 Å². The molecular weight excluding hydrogens is 370 g/mol. The minimum absolute atomic E-state index is 0.00272. The van der Waals surface area contributed by atoms with Gasteiger partial charge in [-0.3, -0.25) is 19.9 Å². The molecule has 8 heteroatoms. The second kappa shape index (κ2) is 10.2. The van der Waals surface area contributed by atoms with Gasteiger partial charge < -0.3 is 10.6 Å². The van der Waals surface area contributed by atoms with Gasteiger partial charge >= 0.3 is 6.03 Å². The summed E-state index contributed by atoms with van der Waals surface area (Å²) in [7, 11) is 0. The first kappa shape index (κ1) is 20.3. The molecule has 0 radical (unpaired) electrons. The van der Waals surface area contributed by atoms with Crippen LogP contribution in [0.4, 0.5) is 10.5 Å². The summed E-state index contributed by atoms with van der Waals surface area (Å²) in [6, 6.07) is 17.5. The molecule has 0 saturated carbocycles. The highest BCUT2D eigenvalue weighted by Crippen LogP contribution is 2.11. The van der Waals surface area contributed by atoms with Crippen molar-refractivity contribution in [2.24, 2.45) is 0 Å². The fourth-order valence-electron chi connectivity index (χ4n) is 3.16. The van der Waals surface area contributed by atoms with Crippen LogP contribution in [0.25, 0.3) is 0 Å². The van der Waals surface area contributed by atoms with Crippen LogP contribution in [0.1, 0.15) is 23.2 Å². The van der Waals surface area contributed by atoms with Crippen LogP contribution in [-0.4, -0.2) is 48.4 Å². The highest BCUT2D eigenvalue weighted by atomic mass is 16.2. The number of anilines is 1. The molecule has 0 spiro atoms. The monoisotopic (exact) mass is 395 g/mol. The van der Waals surface area contributed by atoms with E-state index in [0.717, 1.165) is 18.5 Å². The summed E-state index contributed by atoms with van der Waals surface area (Å²) < 4.78 is 0. The molecule has 1 heterocycles. The summed E-state index contributed by atoms with van der Waals surface area (Å²) >= 11 is 0. The molecule has 1 fully saturated rings. The third-order valence-corrected chi connectivity index (χ3v) is 4.67. The topological polar surface area (TPSA) is 103 Å². The number of benzene rings is 2. The van der Waals surface area contributed by atoms with Crippen molar-refractivity contribution in [3.05, 3.63) is 66.2 Å². The van der Waals surface area contributed by atoms with Gasteiger partial charge in [0.15, 0.2) is 0 Å². The molecule has 0 atom stereocenters. The largest absolute Gasteiger partial charge is 0.334 e. The quantitative estimate of drug-likeness (QED) is 0.579. The van der Waals surface area contributed by atoms with Gasteiger partial charge in [0, 0.05) is 30.4 Å². The first-order chi connectivity index (χ1) is 14.1. The second-order valence-electron chi connectivity index (χ2n) is 6.88. The van der Waals surface area contributed by atoms with Gasteiger partial charge in [0.25, 0.3) is 5.91 Å². The van der Waals surface area contributed by atoms with Crippen LogP contribution in [0.5, 0.6) is 0 Å². The number of amides is 4. The maximum absolute atomic E-state index is 12.1. The summed E-state index contributed by atoms with van der Waals surface area (Å²) in [4.78, 5) is 38.1. The fraction of sp³-hybridized carbons (Fsp3) is 0.286. The predicted molar refractivity (Wildman–Crippen MR) is 110 cm³/mol. The molecule has 1 aliphatic rings. The Morgan fingerprint density at radius 1 is 0.862 bits per heavy atom. The van der Waals surface area contributed by atoms with E-state index in [4.69, 9.17) is 0 Å². The van der Waals surface area contributed by atoms with E-state index in [1.165, 1.54) is 0 Å². The Morgan fingerprint density at radius 3 is 2.14 bits per heavy atom. The van der Waals surface area contributed by atoms with Gasteiger partial charge in [0.05, 0.1) is 6.54 Å². The van der Waals surface area contributed by atoms with Crippen molar-refractivity contribution >= 4 is 23.5 Å². The number of hydrazine groups is 1. The number of nitrogens with zero attached hydrogens (tertiary/aromatic N) is 1. The molecule has 0 aliphatic carbocycles. The number of para-hydroxylation sites is 1. The van der Waals surface area contributed by atoms with E-state index in [1.54, 1.807) is 24.3 Å². The van der Waals surface area contributed by atoms with Crippen molar-refractivity contribution < 1.29 is 14.4 Å². The zero-order valence-electron chi connectivity index (χ0n) is 16.1. The number of piperidine rings is 1. The van der Waals surface area contributed by atoms with Crippen molar-refractivity contribution in [1.82, 2.24) is 21.1 Å². The summed E-state index contributed by atoms with van der Waals surface area (Å²) in [6.07, 6.45) is 1.47. The molecule has 2 aromatic carbocycles. The molecule has 152 valence electrons. The molecule has 8 nitrogen and oxygen atoms in total. The van der Waals surface area contributed by atoms with Gasteiger partial charge in [-0.15, -0.1) is 0 Å². The van der Waals surface area contributed by atoms with E-state index in [-0.39, 0.29) is 17.9 Å². The van der Waals surface area contributed by atoms with E-state index < -0.39 is 6.03 Å². The van der Waals surface area contributed by atoms with Crippen molar-refractivity contribution in [3.63, 3.8) is 0 Å². The van der Waals surface area contributed by atoms with Crippen LogP contribution >= 0.6 is 0 Å². The standard InChI is InChI=1S/C21H25N5O3/c27-19(22-17-9-5-2-6-10-17)15-26-13-11-18(12-14-26)23-21(29)25-24-20(28)16-7-3-1-4-8-16/h1-10,18H,11-15H2,(H,22,27)(H,24,28)(H2,23,25,29). The lowest BCUT2D eigenvalue weighted by Gasteiger charge is -2.31. The minimum Gasteiger partial charge on any atom is -0.334 e. The summed E-state index contributed by atoms with van der Waals surface area (Å²) in [6.45, 7) is 1.74. The third-order valence-electron chi connectivity index (χ3n) is 4.67. The molecule has 4 N–H and O–H groups in total. The van der Waals surface area contributed by atoms with E-state index in [9.17, 15) is 14.4 Å². The normalized spacial score (nSPS) is 14.6. The van der Waals surface area contributed by atoms with Gasteiger partial charge in [0.2, 0.25) is 5.91 Å². The number of hydrogen-bond acceptors (Lipinski definition) is 4. The number of nitrogens with one attached hydrogen (secondary N) is 4. The molecular formula is C21H25N5O3. The third kappa shape index (κ3) is 6.62. The van der Waals surface area contributed by atoms with Crippen LogP contribution in [-0.2, 0) is 4.79 Å². The maximum atomic E-state index is 12.1. The van der Waals surface area contributed by atoms with Gasteiger partial charge in [-0.1, -0.05) is 36.4 Å². The van der Waals surface area contributed by atoms with E-state index >= 15 is 0 Å². The predicted octanol–water partition coefficient (Wildman–Crippen LogP) is 1.73. The Labute approximate surface area is 169 Å². The van der Waals surface area contributed by atoms with Gasteiger partial charge in [-0.2, -0.15) is 0 Å². The lowest BCUT2D eigenvalue weighted by atomic mass is 10.1. The van der Waals surface area contributed by atoms with E-state index in [1.807, 2.05) is 36.4 Å². The number of carbonyl (C=O) groups is 3. The Bertz CT molecular complexity index is 821. The van der Waals surface area contributed by atoms with Gasteiger partial charge in [0.1, 0.15) is 0 Å². The first-order valence-electron chi connectivity index (χ1n) is 9.59. The Morgan fingerprint density at radius 2 is 1.48 bits per heavy atom. The number of carbonyl (C=O) groups excluding carboxylic acids is 3. The van der Waals surface area contributed by atoms with Crippen molar-refractivity contribution in [3.8, 4) is 0 Å². The molecule has 4 amide bonds.